The van der Waals surface area contributed by atoms with Crippen LogP contribution in [0.5, 0.6) is 0 Å². The first-order valence-electron chi connectivity index (χ1n) is 3.82. The van der Waals surface area contributed by atoms with E-state index in [1.165, 1.54) is 6.08 Å². The molecular formula is C10H8F2. The van der Waals surface area contributed by atoms with Gasteiger partial charge in [-0.2, -0.15) is 0 Å². The van der Waals surface area contributed by atoms with Crippen LogP contribution >= 0.6 is 0 Å². The fraction of sp³-hybridized carbons (Fsp3) is 0.200. The van der Waals surface area contributed by atoms with Gasteiger partial charge in [-0.15, -0.1) is 0 Å². The van der Waals surface area contributed by atoms with Gasteiger partial charge in [0.25, 0.3) is 5.92 Å². The van der Waals surface area contributed by atoms with Crippen LogP contribution in [0.3, 0.4) is 0 Å². The molecule has 0 unspecified atom stereocenters. The van der Waals surface area contributed by atoms with Crippen molar-refractivity contribution in [3.8, 4) is 0 Å². The molecule has 0 fully saturated rings. The van der Waals surface area contributed by atoms with E-state index in [0.29, 0.717) is 0 Å². The van der Waals surface area contributed by atoms with Crippen LogP contribution in [0.1, 0.15) is 11.1 Å². The lowest BCUT2D eigenvalue weighted by Gasteiger charge is -2.18. The molecule has 62 valence electrons. The molecule has 0 spiro atoms. The highest BCUT2D eigenvalue weighted by atomic mass is 19.3. The molecule has 1 aromatic rings. The molecule has 1 aliphatic rings. The molecule has 0 saturated heterocycles. The van der Waals surface area contributed by atoms with Crippen molar-refractivity contribution >= 4 is 6.08 Å². The largest absolute Gasteiger partial charge is 0.270 e. The van der Waals surface area contributed by atoms with Gasteiger partial charge in [-0.25, -0.2) is 8.78 Å². The summed E-state index contributed by atoms with van der Waals surface area (Å²) < 4.78 is 25.6. The van der Waals surface area contributed by atoms with E-state index in [0.717, 1.165) is 17.2 Å². The van der Waals surface area contributed by atoms with Crippen molar-refractivity contribution in [1.82, 2.24) is 0 Å². The van der Waals surface area contributed by atoms with Crippen LogP contribution in [-0.4, -0.2) is 5.92 Å². The van der Waals surface area contributed by atoms with E-state index in [1.807, 2.05) is 12.1 Å². The first-order chi connectivity index (χ1) is 5.67. The second-order valence-electron chi connectivity index (χ2n) is 2.97. The third-order valence-electron chi connectivity index (χ3n) is 1.99. The second-order valence-corrected chi connectivity index (χ2v) is 2.97. The molecule has 1 aromatic carbocycles. The monoisotopic (exact) mass is 166 g/mol. The lowest BCUT2D eigenvalue weighted by Crippen LogP contribution is -2.19. The van der Waals surface area contributed by atoms with Crippen molar-refractivity contribution in [3.63, 3.8) is 0 Å². The van der Waals surface area contributed by atoms with Gasteiger partial charge < -0.3 is 0 Å². The van der Waals surface area contributed by atoms with E-state index >= 15 is 0 Å². The van der Waals surface area contributed by atoms with Gasteiger partial charge in [0.2, 0.25) is 0 Å². The van der Waals surface area contributed by atoms with E-state index in [2.05, 4.69) is 0 Å². The van der Waals surface area contributed by atoms with E-state index in [1.54, 1.807) is 12.1 Å². The zero-order chi connectivity index (χ0) is 8.60. The van der Waals surface area contributed by atoms with E-state index in [9.17, 15) is 8.78 Å². The molecule has 0 atom stereocenters. The Morgan fingerprint density at radius 3 is 2.75 bits per heavy atom. The Morgan fingerprint density at radius 1 is 1.17 bits per heavy atom. The number of hydrogen-bond acceptors (Lipinski definition) is 0. The molecule has 0 amide bonds. The smallest absolute Gasteiger partial charge is 0.202 e. The summed E-state index contributed by atoms with van der Waals surface area (Å²) in [5.74, 6) is -2.66. The van der Waals surface area contributed by atoms with Gasteiger partial charge in [0.15, 0.2) is 0 Å². The summed E-state index contributed by atoms with van der Waals surface area (Å²) >= 11 is 0. The Kier molecular flexibility index (Phi) is 1.50. The van der Waals surface area contributed by atoms with Gasteiger partial charge in [-0.1, -0.05) is 30.3 Å². The normalized spacial score (nSPS) is 18.8. The minimum Gasteiger partial charge on any atom is -0.202 e. The maximum absolute atomic E-state index is 12.8. The molecule has 0 nitrogen and oxygen atoms in total. The highest BCUT2D eigenvalue weighted by Crippen LogP contribution is 2.29. The van der Waals surface area contributed by atoms with Crippen LogP contribution in [0.2, 0.25) is 0 Å². The standard InChI is InChI=1S/C10H8F2/c11-10(12)6-5-8-3-1-2-4-9(8)7-10/h1-6H,7H2. The molecule has 2 rings (SSSR count). The molecule has 0 bridgehead atoms. The fourth-order valence-electron chi connectivity index (χ4n) is 1.38. The Labute approximate surface area is 69.5 Å². The molecule has 12 heavy (non-hydrogen) atoms. The quantitative estimate of drug-likeness (QED) is 0.556. The number of fused-ring (bicyclic) bond motifs is 1. The van der Waals surface area contributed by atoms with Crippen molar-refractivity contribution in [2.45, 2.75) is 12.3 Å². The number of halogens is 2. The average molecular weight is 166 g/mol. The summed E-state index contributed by atoms with van der Waals surface area (Å²) in [4.78, 5) is 0. The number of benzene rings is 1. The number of hydrogen-bond donors (Lipinski definition) is 0. The predicted molar refractivity (Wildman–Crippen MR) is 44.1 cm³/mol. The van der Waals surface area contributed by atoms with Gasteiger partial charge in [0, 0.05) is 6.42 Å². The highest BCUT2D eigenvalue weighted by molar-refractivity contribution is 5.57. The highest BCUT2D eigenvalue weighted by Gasteiger charge is 2.28. The summed E-state index contributed by atoms with van der Waals surface area (Å²) in [7, 11) is 0. The minimum absolute atomic E-state index is 0.167. The fourth-order valence-corrected chi connectivity index (χ4v) is 1.38. The summed E-state index contributed by atoms with van der Waals surface area (Å²) in [5.41, 5.74) is 1.63. The van der Waals surface area contributed by atoms with Crippen LogP contribution in [0.4, 0.5) is 8.78 Å². The predicted octanol–water partition coefficient (Wildman–Crippen LogP) is 2.89. The maximum atomic E-state index is 12.8. The third kappa shape index (κ3) is 1.24. The first-order valence-corrected chi connectivity index (χ1v) is 3.82. The molecule has 0 saturated carbocycles. The van der Waals surface area contributed by atoms with Gasteiger partial charge in [-0.3, -0.25) is 0 Å². The Bertz CT molecular complexity index is 326. The van der Waals surface area contributed by atoms with Gasteiger partial charge >= 0.3 is 0 Å². The van der Waals surface area contributed by atoms with E-state index in [4.69, 9.17) is 0 Å². The van der Waals surface area contributed by atoms with Crippen molar-refractivity contribution in [3.05, 3.63) is 41.5 Å². The van der Waals surface area contributed by atoms with Crippen LogP contribution < -0.4 is 0 Å². The SMILES string of the molecule is FC1(F)C=Cc2ccccc2C1. The molecule has 0 aromatic heterocycles. The summed E-state index contributed by atoms with van der Waals surface area (Å²) in [6.07, 6.45) is 2.29. The molecule has 0 heterocycles. The molecule has 1 aliphatic carbocycles. The third-order valence-corrected chi connectivity index (χ3v) is 1.99. The van der Waals surface area contributed by atoms with Crippen molar-refractivity contribution in [2.24, 2.45) is 0 Å². The van der Waals surface area contributed by atoms with Crippen LogP contribution in [-0.2, 0) is 6.42 Å². The summed E-state index contributed by atoms with van der Waals surface area (Å²) in [5, 5.41) is 0. The Balaban J connectivity index is 2.46. The Morgan fingerprint density at radius 2 is 1.92 bits per heavy atom. The van der Waals surface area contributed by atoms with Crippen LogP contribution in [0, 0.1) is 0 Å². The number of alkyl halides is 2. The van der Waals surface area contributed by atoms with Gasteiger partial charge in [-0.05, 0) is 17.2 Å². The average Bonchev–Trinajstić information content (AvgIpc) is 2.02. The first kappa shape index (κ1) is 7.47. The van der Waals surface area contributed by atoms with Crippen molar-refractivity contribution in [2.75, 3.05) is 0 Å². The number of allylic oxidation sites excluding steroid dienone is 1. The number of rotatable bonds is 0. The van der Waals surface area contributed by atoms with Crippen LogP contribution in [0.15, 0.2) is 30.3 Å². The minimum atomic E-state index is -2.66. The molecule has 0 N–H and O–H groups in total. The van der Waals surface area contributed by atoms with Crippen LogP contribution in [0.25, 0.3) is 6.08 Å². The molecule has 0 radical (unpaired) electrons. The summed E-state index contributed by atoms with van der Waals surface area (Å²) in [6, 6.07) is 7.23. The van der Waals surface area contributed by atoms with Gasteiger partial charge in [0.05, 0.1) is 0 Å². The Hall–Kier alpha value is -1.18. The lowest BCUT2D eigenvalue weighted by atomic mass is 9.95. The maximum Gasteiger partial charge on any atom is 0.270 e. The second kappa shape index (κ2) is 2.41. The zero-order valence-electron chi connectivity index (χ0n) is 6.43. The van der Waals surface area contributed by atoms with E-state index < -0.39 is 5.92 Å². The van der Waals surface area contributed by atoms with Gasteiger partial charge in [0.1, 0.15) is 0 Å². The topological polar surface area (TPSA) is 0 Å². The van der Waals surface area contributed by atoms with Crippen molar-refractivity contribution in [1.29, 1.82) is 0 Å². The molecule has 0 aliphatic heterocycles. The van der Waals surface area contributed by atoms with Crippen molar-refractivity contribution < 1.29 is 8.78 Å². The molecule has 2 heteroatoms. The van der Waals surface area contributed by atoms with E-state index in [-0.39, 0.29) is 6.42 Å². The summed E-state index contributed by atoms with van der Waals surface area (Å²) in [6.45, 7) is 0. The lowest BCUT2D eigenvalue weighted by molar-refractivity contribution is 0.0553. The molecular weight excluding hydrogens is 158 g/mol. The zero-order valence-corrected chi connectivity index (χ0v) is 6.43.